The Morgan fingerprint density at radius 1 is 0.830 bits per heavy atom. The van der Waals surface area contributed by atoms with E-state index in [4.69, 9.17) is 9.98 Å². The number of aromatic amines is 2. The van der Waals surface area contributed by atoms with Crippen LogP contribution < -0.4 is 21.3 Å². The van der Waals surface area contributed by atoms with E-state index in [0.717, 1.165) is 116 Å². The van der Waals surface area contributed by atoms with Crippen molar-refractivity contribution >= 4 is 41.5 Å². The summed E-state index contributed by atoms with van der Waals surface area (Å²) in [5.74, 6) is -0.792. The summed E-state index contributed by atoms with van der Waals surface area (Å²) in [5, 5.41) is 17.4. The fraction of sp³-hybridized carbons (Fsp3) is 0.395. The number of hydrogen-bond acceptors (Lipinski definition) is 6. The molecule has 2 aromatic rings. The molecule has 0 radical (unpaired) electrons. The number of carbonyl (C=O) groups excluding carboxylic acids is 1. The summed E-state index contributed by atoms with van der Waals surface area (Å²) in [4.78, 5) is 43.0. The van der Waals surface area contributed by atoms with Crippen LogP contribution in [0.25, 0.3) is 18.2 Å². The second-order valence-electron chi connectivity index (χ2n) is 13.6. The standard InChI is InChI=1S/C43H57N7O3/c1-11-32-26(5)38(23-36-28(7)34(30(9)46-36)15-17-42(51)45-20-19-44-21-22-50(13-3)14-4)48-41(32)25-39-27(6)33(12-2)40(49-39)24-37-29(8)35(31(10)47-37)16-18-43(52)53/h11-12,23-25,44,47,49H,1-2,9,13-22H2,3-8,10H3,(H,45,51)(H,52,53)/b38-23-,39-25?,40-24-. The first-order valence-corrected chi connectivity index (χ1v) is 18.6. The molecule has 0 aliphatic carbocycles. The maximum Gasteiger partial charge on any atom is 0.303 e. The quantitative estimate of drug-likeness (QED) is 0.122. The molecule has 282 valence electrons. The number of amides is 1. The normalized spacial score (nSPS) is 16.1. The van der Waals surface area contributed by atoms with Crippen molar-refractivity contribution in [1.82, 2.24) is 25.5 Å². The molecule has 0 spiro atoms. The minimum Gasteiger partial charge on any atom is -0.481 e. The Morgan fingerprint density at radius 3 is 2.23 bits per heavy atom. The number of hydrogen-bond donors (Lipinski definition) is 5. The molecule has 0 saturated heterocycles. The van der Waals surface area contributed by atoms with Crippen LogP contribution in [0.4, 0.5) is 0 Å². The van der Waals surface area contributed by atoms with E-state index in [2.05, 4.69) is 72.1 Å². The minimum atomic E-state index is -0.809. The Morgan fingerprint density at radius 2 is 1.57 bits per heavy atom. The van der Waals surface area contributed by atoms with Gasteiger partial charge in [-0.3, -0.25) is 9.59 Å². The summed E-state index contributed by atoms with van der Waals surface area (Å²) in [7, 11) is 0. The van der Waals surface area contributed by atoms with Crippen LogP contribution in [0.3, 0.4) is 0 Å². The van der Waals surface area contributed by atoms with Gasteiger partial charge in [-0.05, 0) is 112 Å². The number of aromatic nitrogens is 2. The van der Waals surface area contributed by atoms with E-state index in [9.17, 15) is 14.7 Å². The number of rotatable bonds is 19. The van der Waals surface area contributed by atoms with Crippen LogP contribution in [0.5, 0.6) is 0 Å². The molecule has 4 heterocycles. The van der Waals surface area contributed by atoms with Crippen molar-refractivity contribution in [2.24, 2.45) is 9.98 Å². The Bertz CT molecular complexity index is 2060. The van der Waals surface area contributed by atoms with Gasteiger partial charge in [0, 0.05) is 72.2 Å². The second-order valence-corrected chi connectivity index (χ2v) is 13.6. The number of carboxylic acid groups (broad SMARTS) is 1. The molecule has 0 aromatic carbocycles. The molecule has 4 rings (SSSR count). The SMILES string of the molecule is C=CC1=C(C)/C(=C/C2=NC(=C)C(CCC(=O)NCCNCCN(CC)CC)=C2C)N=C1C=c1[nH]/c(=C\c2[nH]c(C)c(CCC(=O)O)c2C)c(C=C)c1C. The van der Waals surface area contributed by atoms with Gasteiger partial charge in [0.15, 0.2) is 0 Å². The van der Waals surface area contributed by atoms with Crippen molar-refractivity contribution in [3.8, 4) is 0 Å². The predicted octanol–water partition coefficient (Wildman–Crippen LogP) is 5.49. The first-order chi connectivity index (χ1) is 25.3. The van der Waals surface area contributed by atoms with Gasteiger partial charge in [-0.25, -0.2) is 9.98 Å². The van der Waals surface area contributed by atoms with E-state index in [1.54, 1.807) is 0 Å². The molecule has 2 aliphatic heterocycles. The molecule has 0 saturated carbocycles. The summed E-state index contributed by atoms with van der Waals surface area (Å²) < 4.78 is 0. The van der Waals surface area contributed by atoms with Crippen molar-refractivity contribution in [1.29, 1.82) is 0 Å². The van der Waals surface area contributed by atoms with Crippen LogP contribution in [0.1, 0.15) is 80.6 Å². The van der Waals surface area contributed by atoms with E-state index >= 15 is 0 Å². The molecule has 0 unspecified atom stereocenters. The Hall–Kier alpha value is -5.06. The second kappa shape index (κ2) is 18.6. The van der Waals surface area contributed by atoms with E-state index in [-0.39, 0.29) is 12.3 Å². The highest BCUT2D eigenvalue weighted by atomic mass is 16.4. The minimum absolute atomic E-state index is 0.0176. The van der Waals surface area contributed by atoms with Crippen molar-refractivity contribution < 1.29 is 14.7 Å². The third-order valence-electron chi connectivity index (χ3n) is 10.3. The zero-order valence-corrected chi connectivity index (χ0v) is 32.7. The van der Waals surface area contributed by atoms with Gasteiger partial charge in [0.1, 0.15) is 0 Å². The van der Waals surface area contributed by atoms with Crippen molar-refractivity contribution in [2.75, 3.05) is 39.3 Å². The molecule has 1 amide bonds. The maximum atomic E-state index is 12.6. The van der Waals surface area contributed by atoms with Gasteiger partial charge in [0.05, 0.1) is 22.8 Å². The third-order valence-corrected chi connectivity index (χ3v) is 10.3. The van der Waals surface area contributed by atoms with Gasteiger partial charge in [-0.15, -0.1) is 0 Å². The summed E-state index contributed by atoms with van der Waals surface area (Å²) in [6.45, 7) is 32.1. The Balaban J connectivity index is 1.51. The predicted molar refractivity (Wildman–Crippen MR) is 220 cm³/mol. The highest BCUT2D eigenvalue weighted by Crippen LogP contribution is 2.32. The maximum absolute atomic E-state index is 12.6. The molecule has 0 atom stereocenters. The lowest BCUT2D eigenvalue weighted by molar-refractivity contribution is -0.137. The first-order valence-electron chi connectivity index (χ1n) is 18.6. The van der Waals surface area contributed by atoms with E-state index in [1.807, 2.05) is 52.0 Å². The fourth-order valence-corrected chi connectivity index (χ4v) is 6.92. The van der Waals surface area contributed by atoms with Gasteiger partial charge < -0.3 is 30.6 Å². The number of nitrogens with one attached hydrogen (secondary N) is 4. The lowest BCUT2D eigenvalue weighted by Crippen LogP contribution is -2.36. The van der Waals surface area contributed by atoms with Crippen LogP contribution in [0, 0.1) is 20.8 Å². The van der Waals surface area contributed by atoms with Crippen molar-refractivity contribution in [3.63, 3.8) is 0 Å². The Kier molecular flexibility index (Phi) is 14.3. The lowest BCUT2D eigenvalue weighted by atomic mass is 10.00. The molecule has 2 aromatic heterocycles. The zero-order chi connectivity index (χ0) is 38.8. The number of carboxylic acids is 1. The number of aryl methyl sites for hydroxylation is 1. The van der Waals surface area contributed by atoms with Gasteiger partial charge in [0.25, 0.3) is 0 Å². The molecule has 10 heteroatoms. The molecule has 10 nitrogen and oxygen atoms in total. The molecule has 53 heavy (non-hydrogen) atoms. The summed E-state index contributed by atoms with van der Waals surface area (Å²) in [5.41, 5.74) is 13.0. The van der Waals surface area contributed by atoms with Crippen LogP contribution in [0.2, 0.25) is 0 Å². The van der Waals surface area contributed by atoms with Crippen LogP contribution >= 0.6 is 0 Å². The summed E-state index contributed by atoms with van der Waals surface area (Å²) in [6.07, 6.45) is 11.3. The highest BCUT2D eigenvalue weighted by Gasteiger charge is 2.23. The summed E-state index contributed by atoms with van der Waals surface area (Å²) >= 11 is 0. The summed E-state index contributed by atoms with van der Waals surface area (Å²) in [6, 6.07) is 0. The average molecular weight is 720 g/mol. The lowest BCUT2D eigenvalue weighted by Gasteiger charge is -2.18. The van der Waals surface area contributed by atoms with Gasteiger partial charge in [-0.2, -0.15) is 0 Å². The first kappa shape index (κ1) is 40.7. The van der Waals surface area contributed by atoms with Crippen LogP contribution in [-0.2, 0) is 16.0 Å². The number of carbonyl (C=O) groups is 2. The molecule has 5 N–H and O–H groups in total. The van der Waals surface area contributed by atoms with E-state index < -0.39 is 5.97 Å². The van der Waals surface area contributed by atoms with Crippen LogP contribution in [0.15, 0.2) is 75.6 Å². The molecular formula is C43H57N7O3. The number of aliphatic carboxylic acids is 1. The van der Waals surface area contributed by atoms with E-state index in [1.165, 1.54) is 0 Å². The fourth-order valence-electron chi connectivity index (χ4n) is 6.92. The largest absolute Gasteiger partial charge is 0.481 e. The molecule has 2 aliphatic rings. The van der Waals surface area contributed by atoms with Gasteiger partial charge >= 0.3 is 5.97 Å². The van der Waals surface area contributed by atoms with Gasteiger partial charge in [0.2, 0.25) is 5.91 Å². The van der Waals surface area contributed by atoms with E-state index in [0.29, 0.717) is 31.5 Å². The third kappa shape index (κ3) is 9.88. The van der Waals surface area contributed by atoms with Crippen molar-refractivity contribution in [3.05, 3.63) is 110 Å². The smallest absolute Gasteiger partial charge is 0.303 e. The van der Waals surface area contributed by atoms with Crippen molar-refractivity contribution in [2.45, 2.75) is 74.1 Å². The van der Waals surface area contributed by atoms with Crippen LogP contribution in [-0.4, -0.2) is 82.5 Å². The highest BCUT2D eigenvalue weighted by molar-refractivity contribution is 6.25. The monoisotopic (exact) mass is 719 g/mol. The Labute approximate surface area is 314 Å². The zero-order valence-electron chi connectivity index (χ0n) is 32.7. The van der Waals surface area contributed by atoms with Gasteiger partial charge in [-0.1, -0.05) is 45.7 Å². The number of nitrogens with zero attached hydrogens (tertiary/aromatic N) is 3. The number of H-pyrrole nitrogens is 2. The molecule has 0 fully saturated rings. The molecule has 0 bridgehead atoms. The number of aliphatic imine (C=N–C) groups is 2. The number of allylic oxidation sites excluding steroid dienone is 6. The topological polar surface area (TPSA) is 138 Å². The average Bonchev–Trinajstić information content (AvgIpc) is 3.77. The number of likely N-dealkylation sites (N-methyl/N-ethyl adjacent to an activating group) is 1. The molecular weight excluding hydrogens is 663 g/mol.